The maximum absolute atomic E-state index is 6.50. The fourth-order valence-electron chi connectivity index (χ4n) is 7.07. The van der Waals surface area contributed by atoms with E-state index in [1.54, 1.807) is 11.3 Å². The lowest BCUT2D eigenvalue weighted by Crippen LogP contribution is -1.97. The summed E-state index contributed by atoms with van der Waals surface area (Å²) in [5.41, 5.74) is 8.67. The Labute approximate surface area is 280 Å². The SMILES string of the molecule is c1ccc(-c2cccc3ccccc23)c(-c2cc(-c3cccc4c3oc3ccccc34)nc(-c3ccc4c(c3)sc3ccccc34)n2)c1. The second-order valence-corrected chi connectivity index (χ2v) is 13.2. The first-order valence-electron chi connectivity index (χ1n) is 16.1. The van der Waals surface area contributed by atoms with Gasteiger partial charge in [0, 0.05) is 47.6 Å². The van der Waals surface area contributed by atoms with E-state index in [0.29, 0.717) is 5.82 Å². The molecule has 0 aliphatic carbocycles. The number of hydrogen-bond acceptors (Lipinski definition) is 4. The summed E-state index contributed by atoms with van der Waals surface area (Å²) in [5, 5.41) is 7.13. The van der Waals surface area contributed by atoms with Gasteiger partial charge in [-0.3, -0.25) is 0 Å². The topological polar surface area (TPSA) is 38.9 Å². The number of benzene rings is 7. The highest BCUT2D eigenvalue weighted by Gasteiger charge is 2.19. The van der Waals surface area contributed by atoms with Crippen LogP contribution in [0.5, 0.6) is 0 Å². The molecule has 0 radical (unpaired) electrons. The van der Waals surface area contributed by atoms with Crippen LogP contribution >= 0.6 is 11.3 Å². The molecule has 3 aromatic heterocycles. The highest BCUT2D eigenvalue weighted by molar-refractivity contribution is 7.25. The molecular formula is C44H26N2OS. The summed E-state index contributed by atoms with van der Waals surface area (Å²) in [6.07, 6.45) is 0. The molecule has 0 fully saturated rings. The van der Waals surface area contributed by atoms with Gasteiger partial charge in [-0.25, -0.2) is 9.97 Å². The van der Waals surface area contributed by atoms with E-state index in [2.05, 4.69) is 146 Å². The number of hydrogen-bond donors (Lipinski definition) is 0. The number of rotatable bonds is 4. The van der Waals surface area contributed by atoms with Gasteiger partial charge < -0.3 is 4.42 Å². The van der Waals surface area contributed by atoms with Crippen LogP contribution in [0.2, 0.25) is 0 Å². The summed E-state index contributed by atoms with van der Waals surface area (Å²) in [6.45, 7) is 0. The zero-order chi connectivity index (χ0) is 31.6. The van der Waals surface area contributed by atoms with Gasteiger partial charge in [0.1, 0.15) is 11.2 Å². The third kappa shape index (κ3) is 4.27. The number of nitrogens with zero attached hydrogens (tertiary/aromatic N) is 2. The molecule has 4 heteroatoms. The first kappa shape index (κ1) is 27.1. The molecule has 10 rings (SSSR count). The van der Waals surface area contributed by atoms with E-state index >= 15 is 0 Å². The van der Waals surface area contributed by atoms with Crippen molar-refractivity contribution in [2.75, 3.05) is 0 Å². The van der Waals surface area contributed by atoms with E-state index in [-0.39, 0.29) is 0 Å². The molecule has 224 valence electrons. The lowest BCUT2D eigenvalue weighted by molar-refractivity contribution is 0.670. The van der Waals surface area contributed by atoms with Gasteiger partial charge in [-0.2, -0.15) is 0 Å². The largest absolute Gasteiger partial charge is 0.455 e. The van der Waals surface area contributed by atoms with Gasteiger partial charge in [-0.05, 0) is 52.2 Å². The fourth-order valence-corrected chi connectivity index (χ4v) is 8.21. The van der Waals surface area contributed by atoms with E-state index in [4.69, 9.17) is 14.4 Å². The Bertz CT molecular complexity index is 2860. The van der Waals surface area contributed by atoms with E-state index in [0.717, 1.165) is 55.6 Å². The van der Waals surface area contributed by atoms with Gasteiger partial charge in [-0.1, -0.05) is 127 Å². The minimum Gasteiger partial charge on any atom is -0.455 e. The molecule has 0 atom stereocenters. The minimum absolute atomic E-state index is 0.683. The van der Waals surface area contributed by atoms with Crippen LogP contribution in [0.3, 0.4) is 0 Å². The Morgan fingerprint density at radius 2 is 1.04 bits per heavy atom. The van der Waals surface area contributed by atoms with Crippen molar-refractivity contribution in [3.8, 4) is 45.0 Å². The standard InChI is InChI=1S/C44H26N2OS/c1-2-13-29-27(11-1)12-9-18-30(29)31-14-3-4-15-32(31)38-26-39(37-20-10-19-36-33-16-5-7-21-40(33)47-43(36)37)46-44(45-38)28-23-24-35-34-17-6-8-22-41(34)48-42(35)25-28/h1-26H. The van der Waals surface area contributed by atoms with Gasteiger partial charge in [0.05, 0.1) is 11.4 Å². The Morgan fingerprint density at radius 3 is 1.96 bits per heavy atom. The van der Waals surface area contributed by atoms with Crippen LogP contribution < -0.4 is 0 Å². The predicted molar refractivity (Wildman–Crippen MR) is 201 cm³/mol. The lowest BCUT2D eigenvalue weighted by Gasteiger charge is -2.14. The van der Waals surface area contributed by atoms with Crippen molar-refractivity contribution >= 4 is 64.2 Å². The van der Waals surface area contributed by atoms with Gasteiger partial charge in [0.2, 0.25) is 0 Å². The summed E-state index contributed by atoms with van der Waals surface area (Å²) in [7, 11) is 0. The molecule has 3 heterocycles. The predicted octanol–water partition coefficient (Wildman–Crippen LogP) is 12.6. The van der Waals surface area contributed by atoms with E-state index in [9.17, 15) is 0 Å². The molecule has 0 saturated heterocycles. The molecule has 0 aliphatic heterocycles. The molecule has 0 bridgehead atoms. The number of thiophene rings is 1. The maximum Gasteiger partial charge on any atom is 0.160 e. The molecule has 0 amide bonds. The number of fused-ring (bicyclic) bond motifs is 7. The van der Waals surface area contributed by atoms with E-state index in [1.807, 2.05) is 12.1 Å². The average molecular weight is 631 g/mol. The number of furan rings is 1. The highest BCUT2D eigenvalue weighted by atomic mass is 32.1. The molecule has 0 N–H and O–H groups in total. The smallest absolute Gasteiger partial charge is 0.160 e. The molecule has 3 nitrogen and oxygen atoms in total. The number of aromatic nitrogens is 2. The first-order chi connectivity index (χ1) is 23.8. The second-order valence-electron chi connectivity index (χ2n) is 12.1. The van der Waals surface area contributed by atoms with Crippen molar-refractivity contribution in [1.29, 1.82) is 0 Å². The molecule has 0 spiro atoms. The second kappa shape index (κ2) is 10.7. The molecule has 0 saturated carbocycles. The third-order valence-corrected chi connectivity index (χ3v) is 10.5. The van der Waals surface area contributed by atoms with Crippen LogP contribution in [-0.4, -0.2) is 9.97 Å². The monoisotopic (exact) mass is 630 g/mol. The van der Waals surface area contributed by atoms with Crippen LogP contribution in [0.4, 0.5) is 0 Å². The Kier molecular flexibility index (Phi) is 6.05. The van der Waals surface area contributed by atoms with Crippen LogP contribution in [-0.2, 0) is 0 Å². The summed E-state index contributed by atoms with van der Waals surface area (Å²) in [5.74, 6) is 0.683. The van der Waals surface area contributed by atoms with Crippen LogP contribution in [0.1, 0.15) is 0 Å². The zero-order valence-electron chi connectivity index (χ0n) is 25.7. The summed E-state index contributed by atoms with van der Waals surface area (Å²) in [6, 6.07) is 55.5. The van der Waals surface area contributed by atoms with Gasteiger partial charge in [0.15, 0.2) is 5.82 Å². The van der Waals surface area contributed by atoms with E-state index in [1.165, 1.54) is 36.5 Å². The normalized spacial score (nSPS) is 11.8. The first-order valence-corrected chi connectivity index (χ1v) is 16.9. The molecule has 0 aliphatic rings. The van der Waals surface area contributed by atoms with Gasteiger partial charge in [0.25, 0.3) is 0 Å². The zero-order valence-corrected chi connectivity index (χ0v) is 26.5. The van der Waals surface area contributed by atoms with Crippen molar-refractivity contribution in [2.45, 2.75) is 0 Å². The third-order valence-electron chi connectivity index (χ3n) is 9.33. The summed E-state index contributed by atoms with van der Waals surface area (Å²) >= 11 is 1.81. The van der Waals surface area contributed by atoms with Crippen LogP contribution in [0.15, 0.2) is 162 Å². The van der Waals surface area contributed by atoms with Crippen LogP contribution in [0.25, 0.3) is 97.9 Å². The van der Waals surface area contributed by atoms with Crippen molar-refractivity contribution in [2.24, 2.45) is 0 Å². The van der Waals surface area contributed by atoms with Gasteiger partial charge in [-0.15, -0.1) is 11.3 Å². The molecular weight excluding hydrogens is 605 g/mol. The van der Waals surface area contributed by atoms with Crippen molar-refractivity contribution < 1.29 is 4.42 Å². The quantitative estimate of drug-likeness (QED) is 0.194. The Balaban J connectivity index is 1.24. The molecule has 48 heavy (non-hydrogen) atoms. The molecule has 7 aromatic carbocycles. The maximum atomic E-state index is 6.50. The summed E-state index contributed by atoms with van der Waals surface area (Å²) < 4.78 is 9.00. The number of para-hydroxylation sites is 2. The van der Waals surface area contributed by atoms with E-state index < -0.39 is 0 Å². The average Bonchev–Trinajstić information content (AvgIpc) is 3.72. The highest BCUT2D eigenvalue weighted by Crippen LogP contribution is 2.41. The van der Waals surface area contributed by atoms with Crippen LogP contribution in [0, 0.1) is 0 Å². The molecule has 0 unspecified atom stereocenters. The molecule has 10 aromatic rings. The minimum atomic E-state index is 0.683. The lowest BCUT2D eigenvalue weighted by atomic mass is 9.93. The fraction of sp³-hybridized carbons (Fsp3) is 0. The van der Waals surface area contributed by atoms with Crippen molar-refractivity contribution in [3.63, 3.8) is 0 Å². The van der Waals surface area contributed by atoms with Gasteiger partial charge >= 0.3 is 0 Å². The Hall–Kier alpha value is -6.10. The summed E-state index contributed by atoms with van der Waals surface area (Å²) in [4.78, 5) is 10.6. The van der Waals surface area contributed by atoms with Crippen molar-refractivity contribution in [1.82, 2.24) is 9.97 Å². The van der Waals surface area contributed by atoms with Crippen molar-refractivity contribution in [3.05, 3.63) is 158 Å². The Morgan fingerprint density at radius 1 is 0.417 bits per heavy atom.